The van der Waals surface area contributed by atoms with Crippen molar-refractivity contribution in [2.45, 2.75) is 25.8 Å². The van der Waals surface area contributed by atoms with E-state index >= 15 is 0 Å². The van der Waals surface area contributed by atoms with Crippen LogP contribution in [0.4, 0.5) is 10.6 Å². The molecule has 0 radical (unpaired) electrons. The van der Waals surface area contributed by atoms with E-state index in [-0.39, 0.29) is 6.03 Å². The molecule has 0 fully saturated rings. The highest BCUT2D eigenvalue weighted by Crippen LogP contribution is 2.14. The van der Waals surface area contributed by atoms with Gasteiger partial charge in [0.05, 0.1) is 11.4 Å². The molecular weight excluding hydrogens is 316 g/mol. The van der Waals surface area contributed by atoms with Gasteiger partial charge in [-0.05, 0) is 46.0 Å². The van der Waals surface area contributed by atoms with Crippen molar-refractivity contribution in [3.05, 3.63) is 42.1 Å². The number of likely N-dealkylation sites (N-methyl/N-ethyl adjacent to an activating group) is 1. The molecule has 136 valence electrons. The van der Waals surface area contributed by atoms with E-state index in [1.165, 1.54) is 0 Å². The highest BCUT2D eigenvalue weighted by molar-refractivity contribution is 5.73. The average molecular weight is 344 g/mol. The Labute approximate surface area is 149 Å². The zero-order chi connectivity index (χ0) is 18.2. The largest absolute Gasteiger partial charge is 0.384 e. The number of nitrogens with zero attached hydrogens (tertiary/aromatic N) is 3. The Hall–Kier alpha value is -2.54. The van der Waals surface area contributed by atoms with Crippen LogP contribution >= 0.6 is 0 Å². The summed E-state index contributed by atoms with van der Waals surface area (Å²) >= 11 is 0. The highest BCUT2D eigenvalue weighted by Gasteiger charge is 2.08. The Bertz CT molecular complexity index is 667. The monoisotopic (exact) mass is 344 g/mol. The van der Waals surface area contributed by atoms with Crippen LogP contribution in [-0.2, 0) is 6.42 Å². The average Bonchev–Trinajstić information content (AvgIpc) is 2.98. The molecule has 0 saturated carbocycles. The SMILES string of the molecule is C[C@H](CNC(=O)NCCCc1cc(N)n(-c2ccccc2)n1)N(C)C. The van der Waals surface area contributed by atoms with Crippen LogP contribution in [-0.4, -0.2) is 53.9 Å². The lowest BCUT2D eigenvalue weighted by Gasteiger charge is -2.20. The molecular formula is C18H28N6O. The third kappa shape index (κ3) is 5.79. The summed E-state index contributed by atoms with van der Waals surface area (Å²) in [5.41, 5.74) is 7.90. The Morgan fingerprint density at radius 2 is 2.00 bits per heavy atom. The van der Waals surface area contributed by atoms with Crippen molar-refractivity contribution in [3.63, 3.8) is 0 Å². The van der Waals surface area contributed by atoms with Crippen molar-refractivity contribution in [1.82, 2.24) is 25.3 Å². The molecule has 2 rings (SSSR count). The first-order chi connectivity index (χ1) is 12.0. The number of aryl methyl sites for hydroxylation is 1. The van der Waals surface area contributed by atoms with E-state index in [2.05, 4.69) is 27.6 Å². The van der Waals surface area contributed by atoms with E-state index in [0.717, 1.165) is 24.2 Å². The number of para-hydroxylation sites is 1. The van der Waals surface area contributed by atoms with Gasteiger partial charge in [-0.25, -0.2) is 9.48 Å². The van der Waals surface area contributed by atoms with E-state index in [4.69, 9.17) is 5.73 Å². The second-order valence-corrected chi connectivity index (χ2v) is 6.36. The maximum atomic E-state index is 11.7. The predicted molar refractivity (Wildman–Crippen MR) is 101 cm³/mol. The fraction of sp³-hybridized carbons (Fsp3) is 0.444. The van der Waals surface area contributed by atoms with Crippen molar-refractivity contribution in [2.75, 3.05) is 32.9 Å². The second-order valence-electron chi connectivity index (χ2n) is 6.36. The lowest BCUT2D eigenvalue weighted by Crippen LogP contribution is -2.43. The van der Waals surface area contributed by atoms with Gasteiger partial charge in [-0.2, -0.15) is 5.10 Å². The van der Waals surface area contributed by atoms with Gasteiger partial charge in [0, 0.05) is 25.2 Å². The van der Waals surface area contributed by atoms with Gasteiger partial charge >= 0.3 is 6.03 Å². The number of carbonyl (C=O) groups excluding carboxylic acids is 1. The van der Waals surface area contributed by atoms with E-state index in [1.807, 2.05) is 50.5 Å². The van der Waals surface area contributed by atoms with E-state index in [9.17, 15) is 4.79 Å². The maximum Gasteiger partial charge on any atom is 0.314 e. The molecule has 1 aromatic heterocycles. The minimum absolute atomic E-state index is 0.136. The van der Waals surface area contributed by atoms with Crippen LogP contribution < -0.4 is 16.4 Å². The fourth-order valence-electron chi connectivity index (χ4n) is 2.30. The van der Waals surface area contributed by atoms with E-state index < -0.39 is 0 Å². The van der Waals surface area contributed by atoms with Gasteiger partial charge in [-0.15, -0.1) is 0 Å². The summed E-state index contributed by atoms with van der Waals surface area (Å²) < 4.78 is 1.73. The number of carbonyl (C=O) groups is 1. The molecule has 0 aliphatic carbocycles. The number of rotatable bonds is 8. The van der Waals surface area contributed by atoms with Crippen LogP contribution in [0.15, 0.2) is 36.4 Å². The molecule has 0 aliphatic heterocycles. The summed E-state index contributed by atoms with van der Waals surface area (Å²) in [5, 5.41) is 10.3. The van der Waals surface area contributed by atoms with Crippen molar-refractivity contribution in [2.24, 2.45) is 0 Å². The summed E-state index contributed by atoms with van der Waals surface area (Å²) in [4.78, 5) is 13.8. The van der Waals surface area contributed by atoms with Gasteiger partial charge < -0.3 is 21.3 Å². The molecule has 25 heavy (non-hydrogen) atoms. The number of urea groups is 1. The minimum atomic E-state index is -0.136. The van der Waals surface area contributed by atoms with Gasteiger partial charge in [0.2, 0.25) is 0 Å². The van der Waals surface area contributed by atoms with Crippen molar-refractivity contribution in [3.8, 4) is 5.69 Å². The fourth-order valence-corrected chi connectivity index (χ4v) is 2.30. The molecule has 1 aromatic carbocycles. The van der Waals surface area contributed by atoms with Crippen LogP contribution in [0.5, 0.6) is 0 Å². The Balaban J connectivity index is 1.73. The molecule has 2 amide bonds. The summed E-state index contributed by atoms with van der Waals surface area (Å²) in [7, 11) is 3.98. The molecule has 7 heteroatoms. The smallest absolute Gasteiger partial charge is 0.314 e. The molecule has 4 N–H and O–H groups in total. The highest BCUT2D eigenvalue weighted by atomic mass is 16.2. The second kappa shape index (κ2) is 9.08. The molecule has 1 heterocycles. The molecule has 0 unspecified atom stereocenters. The van der Waals surface area contributed by atoms with Crippen molar-refractivity contribution < 1.29 is 4.79 Å². The predicted octanol–water partition coefficient (Wildman–Crippen LogP) is 1.64. The third-order valence-corrected chi connectivity index (χ3v) is 4.12. The molecule has 2 aromatic rings. The van der Waals surface area contributed by atoms with Crippen LogP contribution in [0.3, 0.4) is 0 Å². The number of nitrogens with one attached hydrogen (secondary N) is 2. The van der Waals surface area contributed by atoms with Gasteiger partial charge in [0.25, 0.3) is 0 Å². The lowest BCUT2D eigenvalue weighted by molar-refractivity contribution is 0.234. The number of hydrogen-bond donors (Lipinski definition) is 3. The number of nitrogens with two attached hydrogens (primary N) is 1. The Kier molecular flexibility index (Phi) is 6.82. The summed E-state index contributed by atoms with van der Waals surface area (Å²) in [6, 6.07) is 11.8. The lowest BCUT2D eigenvalue weighted by atomic mass is 10.2. The number of amides is 2. The first-order valence-corrected chi connectivity index (χ1v) is 8.55. The Morgan fingerprint density at radius 3 is 2.68 bits per heavy atom. The van der Waals surface area contributed by atoms with Crippen molar-refractivity contribution >= 4 is 11.8 Å². The van der Waals surface area contributed by atoms with Gasteiger partial charge in [0.15, 0.2) is 0 Å². The number of aromatic nitrogens is 2. The number of benzene rings is 1. The summed E-state index contributed by atoms with van der Waals surface area (Å²) in [5.74, 6) is 0.615. The number of anilines is 1. The van der Waals surface area contributed by atoms with E-state index in [1.54, 1.807) is 4.68 Å². The van der Waals surface area contributed by atoms with Gasteiger partial charge in [-0.1, -0.05) is 18.2 Å². The number of nitrogen functional groups attached to an aromatic ring is 1. The first kappa shape index (κ1) is 18.8. The molecule has 1 atom stereocenters. The zero-order valence-corrected chi connectivity index (χ0v) is 15.2. The molecule has 0 bridgehead atoms. The quantitative estimate of drug-likeness (QED) is 0.635. The molecule has 0 aliphatic rings. The summed E-state index contributed by atoms with van der Waals surface area (Å²) in [6.45, 7) is 3.28. The molecule has 0 spiro atoms. The third-order valence-electron chi connectivity index (χ3n) is 4.12. The van der Waals surface area contributed by atoms with Crippen LogP contribution in [0, 0.1) is 0 Å². The van der Waals surface area contributed by atoms with Crippen LogP contribution in [0.25, 0.3) is 5.69 Å². The standard InChI is InChI=1S/C18H28N6O/c1-14(23(2)3)13-21-18(25)20-11-7-8-15-12-17(19)24(22-15)16-9-5-4-6-10-16/h4-6,9-10,12,14H,7-8,11,13,19H2,1-3H3,(H2,20,21,25)/t14-/m1/s1. The van der Waals surface area contributed by atoms with Gasteiger partial charge in [-0.3, -0.25) is 0 Å². The van der Waals surface area contributed by atoms with Crippen LogP contribution in [0.2, 0.25) is 0 Å². The topological polar surface area (TPSA) is 88.2 Å². The zero-order valence-electron chi connectivity index (χ0n) is 15.2. The normalized spacial score (nSPS) is 12.2. The van der Waals surface area contributed by atoms with Crippen molar-refractivity contribution in [1.29, 1.82) is 0 Å². The molecule has 0 saturated heterocycles. The number of hydrogen-bond acceptors (Lipinski definition) is 4. The van der Waals surface area contributed by atoms with Gasteiger partial charge in [0.1, 0.15) is 5.82 Å². The Morgan fingerprint density at radius 1 is 1.28 bits per heavy atom. The maximum absolute atomic E-state index is 11.7. The van der Waals surface area contributed by atoms with E-state index in [0.29, 0.717) is 24.9 Å². The summed E-state index contributed by atoms with van der Waals surface area (Å²) in [6.07, 6.45) is 1.57. The molecule has 7 nitrogen and oxygen atoms in total. The van der Waals surface area contributed by atoms with Crippen LogP contribution in [0.1, 0.15) is 19.0 Å². The minimum Gasteiger partial charge on any atom is -0.384 e. The first-order valence-electron chi connectivity index (χ1n) is 8.55.